The van der Waals surface area contributed by atoms with Crippen molar-refractivity contribution in [3.8, 4) is 11.1 Å². The Morgan fingerprint density at radius 1 is 0.667 bits per heavy atom. The van der Waals surface area contributed by atoms with Crippen LogP contribution in [-0.2, 0) is 0 Å². The number of halogens is 1. The van der Waals surface area contributed by atoms with Crippen LogP contribution in [0, 0.1) is 0 Å². The average Bonchev–Trinajstić information content (AvgIpc) is 2.98. The van der Waals surface area contributed by atoms with Gasteiger partial charge in [-0.25, -0.2) is 0 Å². The van der Waals surface area contributed by atoms with E-state index >= 15 is 0 Å². The molecule has 5 aromatic rings. The third-order valence-electron chi connectivity index (χ3n) is 6.34. The van der Waals surface area contributed by atoms with Crippen LogP contribution in [0.5, 0.6) is 0 Å². The van der Waals surface area contributed by atoms with Crippen molar-refractivity contribution >= 4 is 56.7 Å². The summed E-state index contributed by atoms with van der Waals surface area (Å²) in [7, 11) is 0. The van der Waals surface area contributed by atoms with E-state index in [2.05, 4.69) is 79.7 Å². The van der Waals surface area contributed by atoms with Gasteiger partial charge in [-0.2, -0.15) is 0 Å². The number of fused-ring (bicyclic) bond motifs is 7. The molecule has 0 aliphatic carbocycles. The molecule has 0 amide bonds. The molecule has 1 nitrogen and oxygen atoms in total. The zero-order chi connectivity index (χ0) is 22.6. The highest BCUT2D eigenvalue weighted by Crippen LogP contribution is 2.60. The molecule has 4 heteroatoms. The van der Waals surface area contributed by atoms with E-state index in [4.69, 9.17) is 11.6 Å². The van der Waals surface area contributed by atoms with Crippen LogP contribution in [0.15, 0.2) is 107 Å². The Bertz CT molecular complexity index is 1420. The van der Waals surface area contributed by atoms with Crippen molar-refractivity contribution in [2.24, 2.45) is 0 Å². The highest BCUT2D eigenvalue weighted by molar-refractivity contribution is 8.18. The first-order chi connectivity index (χ1) is 16.0. The molecule has 5 aromatic carbocycles. The Hall–Kier alpha value is -2.43. The number of hydrogen-bond donors (Lipinski definition) is 1. The molecule has 33 heavy (non-hydrogen) atoms. The number of aliphatic hydroxyl groups excluding tert-OH is 1. The molecule has 0 saturated carbocycles. The lowest BCUT2D eigenvalue weighted by atomic mass is 9.94. The summed E-state index contributed by atoms with van der Waals surface area (Å²) in [5, 5.41) is 17.2. The summed E-state index contributed by atoms with van der Waals surface area (Å²) in [6, 6.07) is 33.5. The molecule has 0 fully saturated rings. The number of hydrogen-bond acceptors (Lipinski definition) is 3. The van der Waals surface area contributed by atoms with Crippen molar-refractivity contribution in [3.05, 3.63) is 108 Å². The van der Waals surface area contributed by atoms with Crippen molar-refractivity contribution < 1.29 is 5.11 Å². The van der Waals surface area contributed by atoms with E-state index in [0.29, 0.717) is 5.02 Å². The van der Waals surface area contributed by atoms with Gasteiger partial charge >= 0.3 is 0 Å². The number of benzene rings is 5. The van der Waals surface area contributed by atoms with E-state index in [-0.39, 0.29) is 0 Å². The maximum Gasteiger partial charge on any atom is 0.103 e. The molecule has 0 unspecified atom stereocenters. The van der Waals surface area contributed by atoms with Crippen molar-refractivity contribution in [3.63, 3.8) is 0 Å². The Morgan fingerprint density at radius 2 is 1.15 bits per heavy atom. The second-order valence-electron chi connectivity index (χ2n) is 8.49. The normalized spacial score (nSPS) is 15.6. The van der Waals surface area contributed by atoms with Gasteiger partial charge in [0.05, 0.1) is 4.08 Å². The maximum absolute atomic E-state index is 11.6. The van der Waals surface area contributed by atoms with Gasteiger partial charge in [-0.3, -0.25) is 0 Å². The van der Waals surface area contributed by atoms with Gasteiger partial charge < -0.3 is 5.11 Å². The van der Waals surface area contributed by atoms with E-state index in [9.17, 15) is 5.11 Å². The van der Waals surface area contributed by atoms with E-state index in [0.717, 1.165) is 5.56 Å². The Labute approximate surface area is 206 Å². The van der Waals surface area contributed by atoms with Gasteiger partial charge in [-0.15, -0.1) is 23.5 Å². The molecule has 0 saturated heterocycles. The van der Waals surface area contributed by atoms with E-state index in [1.165, 1.54) is 42.5 Å². The summed E-state index contributed by atoms with van der Waals surface area (Å²) in [4.78, 5) is 2.37. The fraction of sp³-hybridized carbons (Fsp3) is 0.103. The molecule has 1 aliphatic heterocycles. The van der Waals surface area contributed by atoms with Gasteiger partial charge in [0.2, 0.25) is 0 Å². The van der Waals surface area contributed by atoms with E-state index < -0.39 is 10.2 Å². The predicted octanol–water partition coefficient (Wildman–Crippen LogP) is 8.96. The van der Waals surface area contributed by atoms with Crippen LogP contribution in [0.1, 0.15) is 18.6 Å². The summed E-state index contributed by atoms with van der Waals surface area (Å²) in [5.41, 5.74) is 3.38. The molecular weight excluding hydrogens is 464 g/mol. The van der Waals surface area contributed by atoms with Crippen LogP contribution in [0.2, 0.25) is 5.02 Å². The summed E-state index contributed by atoms with van der Waals surface area (Å²) in [6.07, 6.45) is -0.679. The summed E-state index contributed by atoms with van der Waals surface area (Å²) in [6.45, 7) is 2.14. The van der Waals surface area contributed by atoms with Gasteiger partial charge in [0, 0.05) is 25.9 Å². The second kappa shape index (κ2) is 8.11. The SMILES string of the molecule is CC1([C@H](O)c2ccc(Cl)cc2)Sc2ccc3ccccc3c2-c2c(ccc3ccccc23)S1. The van der Waals surface area contributed by atoms with Crippen LogP contribution < -0.4 is 0 Å². The lowest BCUT2D eigenvalue weighted by Gasteiger charge is -2.33. The van der Waals surface area contributed by atoms with Gasteiger partial charge in [0.25, 0.3) is 0 Å². The summed E-state index contributed by atoms with van der Waals surface area (Å²) < 4.78 is -0.529. The fourth-order valence-electron chi connectivity index (χ4n) is 4.71. The summed E-state index contributed by atoms with van der Waals surface area (Å²) >= 11 is 9.61. The molecule has 6 rings (SSSR count). The standard InChI is InChI=1S/C29H21ClOS2/c1-29(28(31)20-10-14-21(30)15-11-20)32-24-16-12-18-6-2-4-8-22(18)26(24)27-23-9-5-3-7-19(23)13-17-25(27)33-29/h2-17,28,31H,1H3/t28-/m1/s1. The van der Waals surface area contributed by atoms with Crippen molar-refractivity contribution in [1.29, 1.82) is 0 Å². The van der Waals surface area contributed by atoms with Crippen LogP contribution in [0.25, 0.3) is 32.7 Å². The number of thioether (sulfide) groups is 2. The number of rotatable bonds is 2. The highest BCUT2D eigenvalue weighted by Gasteiger charge is 2.40. The third-order valence-corrected chi connectivity index (χ3v) is 9.47. The Morgan fingerprint density at radius 3 is 1.67 bits per heavy atom. The molecule has 1 aliphatic rings. The molecular formula is C29H21ClOS2. The Kier molecular flexibility index (Phi) is 5.19. The van der Waals surface area contributed by atoms with Crippen LogP contribution in [-0.4, -0.2) is 9.19 Å². The minimum absolute atomic E-state index is 0.529. The van der Waals surface area contributed by atoms with Gasteiger partial charge in [0.1, 0.15) is 6.10 Å². The van der Waals surface area contributed by atoms with Gasteiger partial charge in [-0.1, -0.05) is 84.4 Å². The maximum atomic E-state index is 11.6. The second-order valence-corrected chi connectivity index (χ2v) is 12.2. The average molecular weight is 485 g/mol. The first-order valence-electron chi connectivity index (χ1n) is 10.9. The van der Waals surface area contributed by atoms with Crippen molar-refractivity contribution in [2.75, 3.05) is 0 Å². The molecule has 1 heterocycles. The van der Waals surface area contributed by atoms with Crippen LogP contribution in [0.3, 0.4) is 0 Å². The van der Waals surface area contributed by atoms with Crippen molar-refractivity contribution in [1.82, 2.24) is 0 Å². The largest absolute Gasteiger partial charge is 0.386 e. The first-order valence-corrected chi connectivity index (χ1v) is 12.9. The molecule has 0 aromatic heterocycles. The zero-order valence-electron chi connectivity index (χ0n) is 18.0. The quantitative estimate of drug-likeness (QED) is 0.270. The zero-order valence-corrected chi connectivity index (χ0v) is 20.3. The number of aliphatic hydroxyl groups is 1. The minimum atomic E-state index is -0.679. The van der Waals surface area contributed by atoms with E-state index in [1.807, 2.05) is 24.3 Å². The molecule has 1 N–H and O–H groups in total. The van der Waals surface area contributed by atoms with Crippen molar-refractivity contribution in [2.45, 2.75) is 26.9 Å². The lowest BCUT2D eigenvalue weighted by Crippen LogP contribution is -2.25. The smallest absolute Gasteiger partial charge is 0.103 e. The molecule has 1 atom stereocenters. The lowest BCUT2D eigenvalue weighted by molar-refractivity contribution is 0.169. The van der Waals surface area contributed by atoms with E-state index in [1.54, 1.807) is 23.5 Å². The first kappa shape index (κ1) is 21.1. The predicted molar refractivity (Wildman–Crippen MR) is 143 cm³/mol. The fourth-order valence-corrected chi connectivity index (χ4v) is 7.81. The third kappa shape index (κ3) is 3.55. The topological polar surface area (TPSA) is 20.2 Å². The minimum Gasteiger partial charge on any atom is -0.386 e. The van der Waals surface area contributed by atoms with Gasteiger partial charge in [0.15, 0.2) is 0 Å². The Balaban J connectivity index is 1.64. The highest BCUT2D eigenvalue weighted by atomic mass is 35.5. The van der Waals surface area contributed by atoms with Crippen LogP contribution >= 0.6 is 35.1 Å². The molecule has 0 bridgehead atoms. The molecule has 162 valence electrons. The monoisotopic (exact) mass is 484 g/mol. The summed E-state index contributed by atoms with van der Waals surface area (Å²) in [5.74, 6) is 0. The molecule has 0 spiro atoms. The van der Waals surface area contributed by atoms with Gasteiger partial charge in [-0.05, 0) is 58.3 Å². The molecule has 0 radical (unpaired) electrons. The van der Waals surface area contributed by atoms with Crippen LogP contribution in [0.4, 0.5) is 0 Å².